The van der Waals surface area contributed by atoms with E-state index < -0.39 is 0 Å². The quantitative estimate of drug-likeness (QED) is 0.601. The summed E-state index contributed by atoms with van der Waals surface area (Å²) in [6.45, 7) is 3.75. The first-order valence-corrected chi connectivity index (χ1v) is 11.4. The lowest BCUT2D eigenvalue weighted by Gasteiger charge is -2.32. The zero-order valence-electron chi connectivity index (χ0n) is 17.9. The molecule has 0 saturated carbocycles. The van der Waals surface area contributed by atoms with E-state index in [4.69, 9.17) is 16.7 Å². The summed E-state index contributed by atoms with van der Waals surface area (Å²) in [5.74, 6) is 6.75. The number of carbonyl (C=O) groups excluding carboxylic acids is 1. The summed E-state index contributed by atoms with van der Waals surface area (Å²) < 4.78 is 0. The normalized spacial score (nSPS) is 14.6. The van der Waals surface area contributed by atoms with Crippen molar-refractivity contribution in [2.75, 3.05) is 19.7 Å². The lowest BCUT2D eigenvalue weighted by Crippen LogP contribution is -2.33. The Bertz CT molecular complexity index is 894. The van der Waals surface area contributed by atoms with Crippen LogP contribution in [0.5, 0.6) is 0 Å². The van der Waals surface area contributed by atoms with Crippen LogP contribution in [0.1, 0.15) is 48.8 Å². The minimum absolute atomic E-state index is 0.106. The highest BCUT2D eigenvalue weighted by Gasteiger charge is 2.20. The molecule has 1 fully saturated rings. The van der Waals surface area contributed by atoms with Crippen LogP contribution >= 0.6 is 11.6 Å². The molecular formula is C26H31ClN2O2. The fourth-order valence-electron chi connectivity index (χ4n) is 3.88. The molecule has 1 aliphatic rings. The third kappa shape index (κ3) is 8.38. The second kappa shape index (κ2) is 12.5. The van der Waals surface area contributed by atoms with Crippen molar-refractivity contribution in [3.63, 3.8) is 0 Å². The Morgan fingerprint density at radius 2 is 1.90 bits per heavy atom. The standard InChI is InChI=1S/C26H31ClN2O2/c27-25-6-3-5-24(18-25)19-28-26(31)12-11-22-13-15-29(16-14-22)20-23-9-7-21(8-10-23)4-1-2-17-30/h3,5-10,18,22,30H,2,11-17,19-20H2,(H,28,31). The van der Waals surface area contributed by atoms with Crippen LogP contribution in [0.4, 0.5) is 0 Å². The average molecular weight is 439 g/mol. The summed E-state index contributed by atoms with van der Waals surface area (Å²) in [7, 11) is 0. The summed E-state index contributed by atoms with van der Waals surface area (Å²) in [6.07, 6.45) is 4.35. The van der Waals surface area contributed by atoms with Crippen LogP contribution in [0.3, 0.4) is 0 Å². The van der Waals surface area contributed by atoms with Gasteiger partial charge in [0.25, 0.3) is 0 Å². The van der Waals surface area contributed by atoms with E-state index in [2.05, 4.69) is 46.3 Å². The minimum atomic E-state index is 0.106. The number of amides is 1. The topological polar surface area (TPSA) is 52.6 Å². The van der Waals surface area contributed by atoms with Crippen LogP contribution in [0.15, 0.2) is 48.5 Å². The van der Waals surface area contributed by atoms with Crippen LogP contribution in [-0.2, 0) is 17.9 Å². The van der Waals surface area contributed by atoms with E-state index in [9.17, 15) is 4.79 Å². The van der Waals surface area contributed by atoms with E-state index in [0.29, 0.717) is 30.3 Å². The Morgan fingerprint density at radius 1 is 1.13 bits per heavy atom. The van der Waals surface area contributed by atoms with Gasteiger partial charge in [-0.1, -0.05) is 47.7 Å². The molecule has 0 radical (unpaired) electrons. The minimum Gasteiger partial charge on any atom is -0.395 e. The predicted molar refractivity (Wildman–Crippen MR) is 126 cm³/mol. The lowest BCUT2D eigenvalue weighted by atomic mass is 9.92. The van der Waals surface area contributed by atoms with Crippen LogP contribution in [-0.4, -0.2) is 35.6 Å². The van der Waals surface area contributed by atoms with E-state index in [1.165, 1.54) is 5.56 Å². The number of rotatable bonds is 8. The Balaban J connectivity index is 1.33. The van der Waals surface area contributed by atoms with Gasteiger partial charge in [0.1, 0.15) is 0 Å². The molecule has 0 aromatic heterocycles. The summed E-state index contributed by atoms with van der Waals surface area (Å²) >= 11 is 5.99. The number of piperidine rings is 1. The first-order valence-electron chi connectivity index (χ1n) is 11.0. The maximum absolute atomic E-state index is 12.2. The smallest absolute Gasteiger partial charge is 0.220 e. The van der Waals surface area contributed by atoms with E-state index >= 15 is 0 Å². The third-order valence-corrected chi connectivity index (χ3v) is 5.93. The van der Waals surface area contributed by atoms with Crippen molar-refractivity contribution < 1.29 is 9.90 Å². The number of aliphatic hydroxyl groups excluding tert-OH is 1. The van der Waals surface area contributed by atoms with Gasteiger partial charge in [-0.05, 0) is 73.7 Å². The van der Waals surface area contributed by atoms with Gasteiger partial charge in [0, 0.05) is 36.5 Å². The van der Waals surface area contributed by atoms with Crippen molar-refractivity contribution in [2.24, 2.45) is 5.92 Å². The van der Waals surface area contributed by atoms with Crippen molar-refractivity contribution >= 4 is 17.5 Å². The van der Waals surface area contributed by atoms with Crippen LogP contribution in [0.25, 0.3) is 0 Å². The van der Waals surface area contributed by atoms with Crippen LogP contribution in [0.2, 0.25) is 5.02 Å². The first-order chi connectivity index (χ1) is 15.1. The molecule has 1 aliphatic heterocycles. The highest BCUT2D eigenvalue weighted by atomic mass is 35.5. The van der Waals surface area contributed by atoms with Gasteiger partial charge < -0.3 is 10.4 Å². The van der Waals surface area contributed by atoms with Crippen LogP contribution in [0, 0.1) is 17.8 Å². The molecule has 1 heterocycles. The predicted octanol–water partition coefficient (Wildman–Crippen LogP) is 4.38. The zero-order valence-corrected chi connectivity index (χ0v) is 18.7. The molecule has 2 aromatic carbocycles. The van der Waals surface area contributed by atoms with Gasteiger partial charge >= 0.3 is 0 Å². The molecule has 0 atom stereocenters. The fourth-order valence-corrected chi connectivity index (χ4v) is 4.09. The van der Waals surface area contributed by atoms with Gasteiger partial charge in [0.05, 0.1) is 6.61 Å². The molecule has 3 rings (SSSR count). The Hall–Kier alpha value is -2.32. The molecule has 1 amide bonds. The summed E-state index contributed by atoms with van der Waals surface area (Å²) in [6, 6.07) is 16.0. The molecule has 5 heteroatoms. The van der Waals surface area contributed by atoms with Crippen molar-refractivity contribution in [1.82, 2.24) is 10.2 Å². The van der Waals surface area contributed by atoms with E-state index in [-0.39, 0.29) is 12.5 Å². The number of halogens is 1. The lowest BCUT2D eigenvalue weighted by molar-refractivity contribution is -0.121. The number of aliphatic hydroxyl groups is 1. The average Bonchev–Trinajstić information content (AvgIpc) is 2.79. The molecule has 0 unspecified atom stereocenters. The molecule has 2 aromatic rings. The SMILES string of the molecule is O=C(CCC1CCN(Cc2ccc(C#CCCO)cc2)CC1)NCc1cccc(Cl)c1. The number of carbonyl (C=O) groups is 1. The second-order valence-corrected chi connectivity index (χ2v) is 8.57. The van der Waals surface area contributed by atoms with Crippen LogP contribution < -0.4 is 5.32 Å². The Labute approximate surface area is 190 Å². The first kappa shape index (κ1) is 23.3. The van der Waals surface area contributed by atoms with Gasteiger partial charge in [-0.2, -0.15) is 0 Å². The molecule has 1 saturated heterocycles. The number of hydrogen-bond donors (Lipinski definition) is 2. The maximum Gasteiger partial charge on any atom is 0.220 e. The highest BCUT2D eigenvalue weighted by Crippen LogP contribution is 2.23. The van der Waals surface area contributed by atoms with Crippen molar-refractivity contribution in [2.45, 2.75) is 45.2 Å². The van der Waals surface area contributed by atoms with E-state index in [0.717, 1.165) is 50.0 Å². The number of hydrogen-bond acceptors (Lipinski definition) is 3. The number of benzene rings is 2. The van der Waals surface area contributed by atoms with Crippen molar-refractivity contribution in [3.8, 4) is 11.8 Å². The van der Waals surface area contributed by atoms with Gasteiger partial charge in [-0.25, -0.2) is 0 Å². The third-order valence-electron chi connectivity index (χ3n) is 5.70. The second-order valence-electron chi connectivity index (χ2n) is 8.14. The molecule has 164 valence electrons. The van der Waals surface area contributed by atoms with Gasteiger partial charge in [-0.3, -0.25) is 9.69 Å². The monoisotopic (exact) mass is 438 g/mol. The van der Waals surface area contributed by atoms with Gasteiger partial charge in [0.15, 0.2) is 0 Å². The van der Waals surface area contributed by atoms with E-state index in [1.807, 2.05) is 24.3 Å². The molecular weight excluding hydrogens is 408 g/mol. The summed E-state index contributed by atoms with van der Waals surface area (Å²) in [5.41, 5.74) is 3.32. The molecule has 2 N–H and O–H groups in total. The van der Waals surface area contributed by atoms with E-state index in [1.54, 1.807) is 0 Å². The highest BCUT2D eigenvalue weighted by molar-refractivity contribution is 6.30. The summed E-state index contributed by atoms with van der Waals surface area (Å²) in [4.78, 5) is 14.7. The summed E-state index contributed by atoms with van der Waals surface area (Å²) in [5, 5.41) is 12.5. The molecule has 4 nitrogen and oxygen atoms in total. The molecule has 31 heavy (non-hydrogen) atoms. The number of nitrogens with zero attached hydrogens (tertiary/aromatic N) is 1. The van der Waals surface area contributed by atoms with Gasteiger partial charge in [-0.15, -0.1) is 0 Å². The van der Waals surface area contributed by atoms with Gasteiger partial charge in [0.2, 0.25) is 5.91 Å². The Morgan fingerprint density at radius 3 is 2.61 bits per heavy atom. The molecule has 0 spiro atoms. The van der Waals surface area contributed by atoms with Crippen molar-refractivity contribution in [1.29, 1.82) is 0 Å². The Kier molecular flexibility index (Phi) is 9.42. The number of nitrogens with one attached hydrogen (secondary N) is 1. The largest absolute Gasteiger partial charge is 0.395 e. The van der Waals surface area contributed by atoms with Crippen molar-refractivity contribution in [3.05, 3.63) is 70.2 Å². The zero-order chi connectivity index (χ0) is 21.9. The number of likely N-dealkylation sites (tertiary alicyclic amines) is 1. The molecule has 0 bridgehead atoms. The maximum atomic E-state index is 12.2. The fraction of sp³-hybridized carbons (Fsp3) is 0.423. The molecule has 0 aliphatic carbocycles.